The van der Waals surface area contributed by atoms with Gasteiger partial charge in [0.25, 0.3) is 0 Å². The molecule has 1 aliphatic heterocycles. The average Bonchev–Trinajstić information content (AvgIpc) is 1.80. The van der Waals surface area contributed by atoms with E-state index in [2.05, 4.69) is 9.47 Å². The van der Waals surface area contributed by atoms with Crippen molar-refractivity contribution < 1.29 is 27.4 Å². The van der Waals surface area contributed by atoms with E-state index in [-0.39, 0.29) is 6.61 Å². The van der Waals surface area contributed by atoms with Crippen molar-refractivity contribution in [2.24, 2.45) is 5.41 Å². The lowest BCUT2D eigenvalue weighted by atomic mass is 9.85. The minimum atomic E-state index is -4.59. The van der Waals surface area contributed by atoms with E-state index in [0.717, 1.165) is 0 Å². The quantitative estimate of drug-likeness (QED) is 0.624. The highest BCUT2D eigenvalue weighted by Gasteiger charge is 2.66. The van der Waals surface area contributed by atoms with Gasteiger partial charge < -0.3 is 9.47 Å². The zero-order valence-corrected chi connectivity index (χ0v) is 6.98. The van der Waals surface area contributed by atoms with E-state index >= 15 is 0 Å². The Morgan fingerprint density at radius 3 is 2.31 bits per heavy atom. The van der Waals surface area contributed by atoms with Gasteiger partial charge in [-0.15, -0.1) is 0 Å². The predicted octanol–water partition coefficient (Wildman–Crippen LogP) is 1.13. The van der Waals surface area contributed by atoms with Gasteiger partial charge in [-0.1, -0.05) is 0 Å². The van der Waals surface area contributed by atoms with Gasteiger partial charge in [0.1, 0.15) is 0 Å². The normalized spacial score (nSPS) is 20.6. The van der Waals surface area contributed by atoms with Crippen molar-refractivity contribution in [2.75, 3.05) is 19.8 Å². The Morgan fingerprint density at radius 2 is 2.08 bits per heavy atom. The van der Waals surface area contributed by atoms with Crippen molar-refractivity contribution in [2.45, 2.75) is 13.1 Å². The maximum absolute atomic E-state index is 12.3. The number of hydrogen-bond donors (Lipinski definition) is 0. The second kappa shape index (κ2) is 3.17. The Bertz CT molecular complexity index is 208. The fourth-order valence-corrected chi connectivity index (χ4v) is 0.973. The molecule has 1 rings (SSSR count). The van der Waals surface area contributed by atoms with Crippen LogP contribution in [0.1, 0.15) is 6.92 Å². The lowest BCUT2D eigenvalue weighted by Crippen LogP contribution is -2.59. The van der Waals surface area contributed by atoms with Crippen molar-refractivity contribution in [1.82, 2.24) is 0 Å². The molecule has 0 N–H and O–H groups in total. The summed E-state index contributed by atoms with van der Waals surface area (Å²) in [5.74, 6) is -1.24. The van der Waals surface area contributed by atoms with Crippen LogP contribution in [0.25, 0.3) is 0 Å². The van der Waals surface area contributed by atoms with Crippen molar-refractivity contribution in [3.05, 3.63) is 0 Å². The largest absolute Gasteiger partial charge is 0.465 e. The summed E-state index contributed by atoms with van der Waals surface area (Å²) in [6.07, 6.45) is -4.59. The first kappa shape index (κ1) is 10.3. The van der Waals surface area contributed by atoms with Crippen LogP contribution in [0.15, 0.2) is 0 Å². The first-order valence-electron chi connectivity index (χ1n) is 3.76. The van der Waals surface area contributed by atoms with Gasteiger partial charge in [-0.05, 0) is 6.92 Å². The van der Waals surface area contributed by atoms with Gasteiger partial charge in [-0.3, -0.25) is 4.79 Å². The molecule has 0 unspecified atom stereocenters. The van der Waals surface area contributed by atoms with E-state index in [1.54, 1.807) is 0 Å². The molecule has 13 heavy (non-hydrogen) atoms. The monoisotopic (exact) mass is 198 g/mol. The molecular weight excluding hydrogens is 189 g/mol. The van der Waals surface area contributed by atoms with Crippen LogP contribution >= 0.6 is 0 Å². The number of halogens is 3. The van der Waals surface area contributed by atoms with Crippen LogP contribution in [0.2, 0.25) is 0 Å². The van der Waals surface area contributed by atoms with Crippen molar-refractivity contribution in [1.29, 1.82) is 0 Å². The summed E-state index contributed by atoms with van der Waals surface area (Å²) in [6, 6.07) is 0. The molecule has 0 radical (unpaired) electrons. The summed E-state index contributed by atoms with van der Waals surface area (Å²) in [7, 11) is 0. The number of carbonyl (C=O) groups is 1. The topological polar surface area (TPSA) is 35.5 Å². The van der Waals surface area contributed by atoms with Gasteiger partial charge in [0.2, 0.25) is 5.41 Å². The van der Waals surface area contributed by atoms with Gasteiger partial charge >= 0.3 is 12.1 Å². The fourth-order valence-electron chi connectivity index (χ4n) is 0.973. The number of rotatable bonds is 2. The van der Waals surface area contributed by atoms with Crippen LogP contribution in [0, 0.1) is 5.41 Å². The lowest BCUT2D eigenvalue weighted by Gasteiger charge is -2.39. The maximum Gasteiger partial charge on any atom is 0.409 e. The number of carbonyl (C=O) groups excluding carboxylic acids is 1. The third kappa shape index (κ3) is 1.50. The third-order valence-electron chi connectivity index (χ3n) is 1.91. The highest BCUT2D eigenvalue weighted by atomic mass is 19.4. The minimum Gasteiger partial charge on any atom is -0.465 e. The molecule has 1 aliphatic rings. The standard InChI is InChI=1S/C7H9F3O3/c1-2-13-5(11)6(3-12-4-6)7(8,9)10/h2-4H2,1H3. The zero-order chi connectivity index (χ0) is 10.1. The Kier molecular flexibility index (Phi) is 2.51. The molecule has 76 valence electrons. The van der Waals surface area contributed by atoms with E-state index in [4.69, 9.17) is 0 Å². The minimum absolute atomic E-state index is 0.0589. The van der Waals surface area contributed by atoms with Gasteiger partial charge in [0.15, 0.2) is 0 Å². The van der Waals surface area contributed by atoms with E-state index in [1.807, 2.05) is 0 Å². The number of esters is 1. The highest BCUT2D eigenvalue weighted by molar-refractivity contribution is 5.79. The lowest BCUT2D eigenvalue weighted by molar-refractivity contribution is -0.297. The first-order chi connectivity index (χ1) is 5.94. The van der Waals surface area contributed by atoms with Crippen LogP contribution in [0.5, 0.6) is 0 Å². The molecule has 0 aromatic heterocycles. The van der Waals surface area contributed by atoms with Crippen molar-refractivity contribution in [3.63, 3.8) is 0 Å². The summed E-state index contributed by atoms with van der Waals surface area (Å²) in [5.41, 5.74) is -2.41. The van der Waals surface area contributed by atoms with Crippen LogP contribution in [0.3, 0.4) is 0 Å². The van der Waals surface area contributed by atoms with E-state index < -0.39 is 30.8 Å². The Balaban J connectivity index is 2.76. The zero-order valence-electron chi connectivity index (χ0n) is 6.98. The Morgan fingerprint density at radius 1 is 1.54 bits per heavy atom. The molecule has 6 heteroatoms. The molecular formula is C7H9F3O3. The molecule has 0 aromatic carbocycles. The Labute approximate surface area is 72.8 Å². The molecule has 0 aromatic rings. The molecule has 1 saturated heterocycles. The SMILES string of the molecule is CCOC(=O)C1(C(F)(F)F)COC1. The van der Waals surface area contributed by atoms with Gasteiger partial charge in [0, 0.05) is 0 Å². The number of hydrogen-bond acceptors (Lipinski definition) is 3. The smallest absolute Gasteiger partial charge is 0.409 e. The molecule has 0 aliphatic carbocycles. The molecule has 0 saturated carbocycles. The summed E-state index contributed by atoms with van der Waals surface area (Å²) < 4.78 is 45.8. The summed E-state index contributed by atoms with van der Waals surface area (Å²) in [6.45, 7) is 0.142. The van der Waals surface area contributed by atoms with Crippen molar-refractivity contribution in [3.8, 4) is 0 Å². The third-order valence-corrected chi connectivity index (χ3v) is 1.91. The molecule has 0 spiro atoms. The summed E-state index contributed by atoms with van der Waals surface area (Å²) in [4.78, 5) is 11.0. The Hall–Kier alpha value is -0.780. The molecule has 1 heterocycles. The molecule has 0 atom stereocenters. The molecule has 0 bridgehead atoms. The second-order valence-corrected chi connectivity index (χ2v) is 2.79. The van der Waals surface area contributed by atoms with Crippen LogP contribution in [-0.2, 0) is 14.3 Å². The second-order valence-electron chi connectivity index (χ2n) is 2.79. The van der Waals surface area contributed by atoms with Gasteiger partial charge in [-0.2, -0.15) is 13.2 Å². The summed E-state index contributed by atoms with van der Waals surface area (Å²) in [5, 5.41) is 0. The van der Waals surface area contributed by atoms with Crippen molar-refractivity contribution >= 4 is 5.97 Å². The van der Waals surface area contributed by atoms with Crippen LogP contribution in [0.4, 0.5) is 13.2 Å². The summed E-state index contributed by atoms with van der Waals surface area (Å²) >= 11 is 0. The fraction of sp³-hybridized carbons (Fsp3) is 0.857. The number of ether oxygens (including phenoxy) is 2. The molecule has 1 fully saturated rings. The average molecular weight is 198 g/mol. The molecule has 0 amide bonds. The van der Waals surface area contributed by atoms with Crippen LogP contribution < -0.4 is 0 Å². The maximum atomic E-state index is 12.3. The van der Waals surface area contributed by atoms with Crippen LogP contribution in [-0.4, -0.2) is 32.0 Å². The van der Waals surface area contributed by atoms with E-state index in [1.165, 1.54) is 6.92 Å². The first-order valence-corrected chi connectivity index (χ1v) is 3.76. The molecule has 3 nitrogen and oxygen atoms in total. The predicted molar refractivity (Wildman–Crippen MR) is 35.9 cm³/mol. The number of alkyl halides is 3. The van der Waals surface area contributed by atoms with Gasteiger partial charge in [-0.25, -0.2) is 0 Å². The highest BCUT2D eigenvalue weighted by Crippen LogP contribution is 2.44. The van der Waals surface area contributed by atoms with E-state index in [9.17, 15) is 18.0 Å². The van der Waals surface area contributed by atoms with E-state index in [0.29, 0.717) is 0 Å². The van der Waals surface area contributed by atoms with Gasteiger partial charge in [0.05, 0.1) is 19.8 Å².